The summed E-state index contributed by atoms with van der Waals surface area (Å²) in [5.74, 6) is 0.991. The Morgan fingerprint density at radius 1 is 1.46 bits per heavy atom. The lowest BCUT2D eigenvalue weighted by molar-refractivity contribution is 0.554. The molecule has 4 rings (SSSR count). The highest BCUT2D eigenvalue weighted by molar-refractivity contribution is 7.80. The Balaban J connectivity index is 1.62. The number of hydrogen-bond acceptors (Lipinski definition) is 4. The van der Waals surface area contributed by atoms with Gasteiger partial charge >= 0.3 is 5.63 Å². The van der Waals surface area contributed by atoms with Crippen molar-refractivity contribution in [2.24, 2.45) is 16.8 Å². The van der Waals surface area contributed by atoms with Crippen LogP contribution in [0.1, 0.15) is 30.9 Å². The molecule has 0 spiro atoms. The maximum atomic E-state index is 12.5. The molecule has 4 nitrogen and oxygen atoms in total. The SMILES string of the molecule is C=C(NC(=S)c1cc2cccc(CCC)c2oc1=O)C1=NC=CC2CC12. The molecule has 5 heteroatoms. The number of para-hydroxylation sites is 1. The topological polar surface area (TPSA) is 54.6 Å². The van der Waals surface area contributed by atoms with Gasteiger partial charge in [0.2, 0.25) is 0 Å². The standard InChI is InChI=1S/C21H20N2O2S/c1-3-5-13-6-4-7-15-11-17(21(24)25-19(13)15)20(26)23-12(2)18-16-10-14(16)8-9-22-18/h4,6-9,11,14,16H,2-3,5,10H2,1H3,(H,23,26). The summed E-state index contributed by atoms with van der Waals surface area (Å²) in [6.07, 6.45) is 6.89. The smallest absolute Gasteiger partial charge is 0.346 e. The highest BCUT2D eigenvalue weighted by Gasteiger charge is 2.41. The fraction of sp³-hybridized carbons (Fsp3) is 0.286. The Morgan fingerprint density at radius 2 is 2.31 bits per heavy atom. The molecule has 1 aliphatic heterocycles. The third kappa shape index (κ3) is 3.03. The van der Waals surface area contributed by atoms with Gasteiger partial charge in [0.1, 0.15) is 10.6 Å². The summed E-state index contributed by atoms with van der Waals surface area (Å²) in [6, 6.07) is 7.70. The van der Waals surface area contributed by atoms with Crippen molar-refractivity contribution in [2.45, 2.75) is 26.2 Å². The van der Waals surface area contributed by atoms with Crippen LogP contribution >= 0.6 is 12.2 Å². The average molecular weight is 364 g/mol. The molecule has 0 saturated heterocycles. The zero-order valence-corrected chi connectivity index (χ0v) is 15.4. The van der Waals surface area contributed by atoms with Crippen LogP contribution in [0.3, 0.4) is 0 Å². The van der Waals surface area contributed by atoms with Crippen molar-refractivity contribution in [3.8, 4) is 0 Å². The first-order valence-electron chi connectivity index (χ1n) is 8.89. The summed E-state index contributed by atoms with van der Waals surface area (Å²) in [5, 5.41) is 3.96. The van der Waals surface area contributed by atoms with E-state index in [0.717, 1.165) is 35.9 Å². The van der Waals surface area contributed by atoms with Crippen LogP contribution in [-0.4, -0.2) is 10.7 Å². The number of nitrogens with zero attached hydrogens (tertiary/aromatic N) is 1. The second-order valence-corrected chi connectivity index (χ2v) is 7.24. The van der Waals surface area contributed by atoms with Gasteiger partial charge < -0.3 is 9.73 Å². The first-order valence-corrected chi connectivity index (χ1v) is 9.30. The van der Waals surface area contributed by atoms with Crippen LogP contribution in [-0.2, 0) is 6.42 Å². The summed E-state index contributed by atoms with van der Waals surface area (Å²) < 4.78 is 5.60. The third-order valence-electron chi connectivity index (χ3n) is 4.92. The number of aliphatic imine (C=N–C) groups is 1. The van der Waals surface area contributed by atoms with E-state index in [2.05, 4.69) is 29.9 Å². The first-order chi connectivity index (χ1) is 12.6. The van der Waals surface area contributed by atoms with Gasteiger partial charge in [0.25, 0.3) is 0 Å². The Morgan fingerprint density at radius 3 is 3.12 bits per heavy atom. The van der Waals surface area contributed by atoms with Gasteiger partial charge in [0.15, 0.2) is 0 Å². The predicted molar refractivity (Wildman–Crippen MR) is 109 cm³/mol. The Kier molecular flexibility index (Phi) is 4.32. The zero-order chi connectivity index (χ0) is 18.3. The largest absolute Gasteiger partial charge is 0.422 e. The summed E-state index contributed by atoms with van der Waals surface area (Å²) in [4.78, 5) is 17.2. The van der Waals surface area contributed by atoms with Gasteiger partial charge in [-0.15, -0.1) is 0 Å². The molecule has 1 saturated carbocycles. The van der Waals surface area contributed by atoms with E-state index in [1.807, 2.05) is 24.4 Å². The summed E-state index contributed by atoms with van der Waals surface area (Å²) in [5.41, 5.74) is 3.19. The number of benzene rings is 1. The van der Waals surface area contributed by atoms with E-state index in [0.29, 0.717) is 33.7 Å². The summed E-state index contributed by atoms with van der Waals surface area (Å²) in [7, 11) is 0. The third-order valence-corrected chi connectivity index (χ3v) is 5.24. The van der Waals surface area contributed by atoms with Gasteiger partial charge in [-0.05, 0) is 30.4 Å². The lowest BCUT2D eigenvalue weighted by atomic mass is 10.1. The van der Waals surface area contributed by atoms with Crippen LogP contribution in [0, 0.1) is 11.8 Å². The van der Waals surface area contributed by atoms with Gasteiger partial charge in [-0.2, -0.15) is 0 Å². The number of hydrogen-bond donors (Lipinski definition) is 1. The Labute approximate surface area is 157 Å². The molecule has 0 radical (unpaired) electrons. The Hall–Kier alpha value is -2.53. The second kappa shape index (κ2) is 6.65. The van der Waals surface area contributed by atoms with Crippen molar-refractivity contribution >= 4 is 33.9 Å². The maximum Gasteiger partial charge on any atom is 0.346 e. The van der Waals surface area contributed by atoms with Crippen molar-refractivity contribution in [3.05, 3.63) is 70.4 Å². The molecule has 2 unspecified atom stereocenters. The lowest BCUT2D eigenvalue weighted by Gasteiger charge is -2.14. The molecule has 1 fully saturated rings. The van der Waals surface area contributed by atoms with Gasteiger partial charge in [-0.25, -0.2) is 4.79 Å². The van der Waals surface area contributed by atoms with Crippen LogP contribution in [0.15, 0.2) is 63.0 Å². The van der Waals surface area contributed by atoms with E-state index < -0.39 is 5.63 Å². The molecular weight excluding hydrogens is 344 g/mol. The van der Waals surface area contributed by atoms with Crippen molar-refractivity contribution in [2.75, 3.05) is 0 Å². The van der Waals surface area contributed by atoms with E-state index in [4.69, 9.17) is 16.6 Å². The molecule has 0 amide bonds. The second-order valence-electron chi connectivity index (χ2n) is 6.83. The van der Waals surface area contributed by atoms with Gasteiger partial charge in [-0.1, -0.05) is 56.4 Å². The van der Waals surface area contributed by atoms with E-state index >= 15 is 0 Å². The van der Waals surface area contributed by atoms with Gasteiger partial charge in [-0.3, -0.25) is 4.99 Å². The summed E-state index contributed by atoms with van der Waals surface area (Å²) in [6.45, 7) is 6.16. The van der Waals surface area contributed by atoms with Gasteiger partial charge in [0.05, 0.1) is 17.0 Å². The number of allylic oxidation sites excluding steroid dienone is 2. The number of thiocarbonyl (C=S) groups is 1. The van der Waals surface area contributed by atoms with E-state index in [9.17, 15) is 4.79 Å². The molecule has 2 aromatic rings. The molecule has 2 heterocycles. The van der Waals surface area contributed by atoms with Crippen LogP contribution in [0.4, 0.5) is 0 Å². The lowest BCUT2D eigenvalue weighted by Crippen LogP contribution is -2.30. The molecule has 1 aliphatic carbocycles. The molecule has 1 aromatic heterocycles. The number of nitrogens with one attached hydrogen (secondary N) is 1. The maximum absolute atomic E-state index is 12.5. The predicted octanol–water partition coefficient (Wildman–Crippen LogP) is 4.13. The monoisotopic (exact) mass is 364 g/mol. The van der Waals surface area contributed by atoms with E-state index in [-0.39, 0.29) is 0 Å². The zero-order valence-electron chi connectivity index (χ0n) is 14.6. The first kappa shape index (κ1) is 16.9. The number of fused-ring (bicyclic) bond motifs is 2. The van der Waals surface area contributed by atoms with Crippen LogP contribution in [0.25, 0.3) is 11.0 Å². The van der Waals surface area contributed by atoms with Crippen molar-refractivity contribution < 1.29 is 4.42 Å². The highest BCUT2D eigenvalue weighted by Crippen LogP contribution is 2.44. The molecule has 2 atom stereocenters. The molecule has 132 valence electrons. The highest BCUT2D eigenvalue weighted by atomic mass is 32.1. The quantitative estimate of drug-likeness (QED) is 0.640. The minimum atomic E-state index is -0.430. The molecular formula is C21H20N2O2S. The van der Waals surface area contributed by atoms with Crippen molar-refractivity contribution in [1.29, 1.82) is 0 Å². The molecule has 2 aliphatic rings. The van der Waals surface area contributed by atoms with Gasteiger partial charge in [0, 0.05) is 17.5 Å². The van der Waals surface area contributed by atoms with Crippen molar-refractivity contribution in [3.63, 3.8) is 0 Å². The normalized spacial score (nSPS) is 20.4. The van der Waals surface area contributed by atoms with Crippen LogP contribution < -0.4 is 10.9 Å². The minimum absolute atomic E-state index is 0.320. The van der Waals surface area contributed by atoms with E-state index in [1.54, 1.807) is 6.07 Å². The fourth-order valence-electron chi connectivity index (χ4n) is 3.47. The van der Waals surface area contributed by atoms with Crippen molar-refractivity contribution in [1.82, 2.24) is 5.32 Å². The molecule has 1 N–H and O–H groups in total. The Bertz CT molecular complexity index is 1030. The molecule has 0 bridgehead atoms. The number of rotatable bonds is 5. The summed E-state index contributed by atoms with van der Waals surface area (Å²) >= 11 is 5.45. The van der Waals surface area contributed by atoms with Crippen LogP contribution in [0.2, 0.25) is 0 Å². The minimum Gasteiger partial charge on any atom is -0.422 e. The van der Waals surface area contributed by atoms with E-state index in [1.165, 1.54) is 0 Å². The molecule has 1 aromatic carbocycles. The number of aryl methyl sites for hydroxylation is 1. The molecule has 26 heavy (non-hydrogen) atoms. The fourth-order valence-corrected chi connectivity index (χ4v) is 3.74. The average Bonchev–Trinajstić information content (AvgIpc) is 3.41. The van der Waals surface area contributed by atoms with Crippen LogP contribution in [0.5, 0.6) is 0 Å².